The van der Waals surface area contributed by atoms with Gasteiger partial charge in [-0.25, -0.2) is 0 Å². The summed E-state index contributed by atoms with van der Waals surface area (Å²) in [5.41, 5.74) is 2.76. The third-order valence-corrected chi connectivity index (χ3v) is 4.67. The molecule has 0 atom stereocenters. The van der Waals surface area contributed by atoms with Gasteiger partial charge in [0.25, 0.3) is 0 Å². The van der Waals surface area contributed by atoms with Crippen LogP contribution in [0.4, 0.5) is 5.69 Å². The van der Waals surface area contributed by atoms with E-state index in [4.69, 9.17) is 0 Å². The summed E-state index contributed by atoms with van der Waals surface area (Å²) in [6.45, 7) is 11.0. The first-order valence-corrected chi connectivity index (χ1v) is 7.74. The highest BCUT2D eigenvalue weighted by atomic mass is 15.2. The SMILES string of the molecule is Cc1ccc(N2CCC(CN3CC(C)C3)CC2)cc1. The maximum absolute atomic E-state index is 2.64. The fourth-order valence-corrected chi connectivity index (χ4v) is 3.47. The molecule has 2 heterocycles. The van der Waals surface area contributed by atoms with Crippen molar-refractivity contribution in [1.82, 2.24) is 4.90 Å². The second-order valence-corrected chi connectivity index (χ2v) is 6.59. The molecule has 2 saturated heterocycles. The number of likely N-dealkylation sites (tertiary alicyclic amines) is 1. The van der Waals surface area contributed by atoms with E-state index in [-0.39, 0.29) is 0 Å². The normalized spacial score (nSPS) is 22.5. The summed E-state index contributed by atoms with van der Waals surface area (Å²) in [5, 5.41) is 0. The summed E-state index contributed by atoms with van der Waals surface area (Å²) in [7, 11) is 0. The molecule has 1 aromatic rings. The zero-order valence-electron chi connectivity index (χ0n) is 12.3. The third kappa shape index (κ3) is 3.11. The van der Waals surface area contributed by atoms with Crippen molar-refractivity contribution in [3.63, 3.8) is 0 Å². The summed E-state index contributed by atoms with van der Waals surface area (Å²) in [4.78, 5) is 5.19. The number of piperidine rings is 1. The van der Waals surface area contributed by atoms with E-state index in [9.17, 15) is 0 Å². The molecular formula is C17H26N2. The summed E-state index contributed by atoms with van der Waals surface area (Å²) in [5.74, 6) is 1.86. The van der Waals surface area contributed by atoms with Crippen LogP contribution in [0.15, 0.2) is 24.3 Å². The van der Waals surface area contributed by atoms with E-state index in [1.54, 1.807) is 0 Å². The van der Waals surface area contributed by atoms with Crippen molar-refractivity contribution < 1.29 is 0 Å². The van der Waals surface area contributed by atoms with E-state index in [0.717, 1.165) is 11.8 Å². The topological polar surface area (TPSA) is 6.48 Å². The van der Waals surface area contributed by atoms with Gasteiger partial charge in [0.1, 0.15) is 0 Å². The number of anilines is 1. The van der Waals surface area contributed by atoms with Gasteiger partial charge in [0.05, 0.1) is 0 Å². The lowest BCUT2D eigenvalue weighted by Crippen LogP contribution is -2.48. The van der Waals surface area contributed by atoms with Gasteiger partial charge in [-0.3, -0.25) is 0 Å². The predicted molar refractivity (Wildman–Crippen MR) is 81.7 cm³/mol. The van der Waals surface area contributed by atoms with Gasteiger partial charge >= 0.3 is 0 Å². The first-order chi connectivity index (χ1) is 9.20. The van der Waals surface area contributed by atoms with Gasteiger partial charge in [0, 0.05) is 38.4 Å². The molecule has 0 amide bonds. The van der Waals surface area contributed by atoms with Gasteiger partial charge in [-0.15, -0.1) is 0 Å². The summed E-state index contributed by atoms with van der Waals surface area (Å²) >= 11 is 0. The Morgan fingerprint density at radius 2 is 1.68 bits per heavy atom. The number of hydrogen-bond donors (Lipinski definition) is 0. The number of rotatable bonds is 3. The summed E-state index contributed by atoms with van der Waals surface area (Å²) in [6.07, 6.45) is 2.72. The number of aryl methyl sites for hydroxylation is 1. The lowest BCUT2D eigenvalue weighted by atomic mass is 9.93. The monoisotopic (exact) mass is 258 g/mol. The van der Waals surface area contributed by atoms with E-state index in [0.29, 0.717) is 0 Å². The molecule has 2 nitrogen and oxygen atoms in total. The Balaban J connectivity index is 1.47. The van der Waals surface area contributed by atoms with E-state index in [2.05, 4.69) is 47.9 Å². The molecular weight excluding hydrogens is 232 g/mol. The Morgan fingerprint density at radius 3 is 2.26 bits per heavy atom. The number of nitrogens with zero attached hydrogens (tertiary/aromatic N) is 2. The van der Waals surface area contributed by atoms with Crippen LogP contribution in [-0.4, -0.2) is 37.6 Å². The quantitative estimate of drug-likeness (QED) is 0.821. The highest BCUT2D eigenvalue weighted by Crippen LogP contribution is 2.26. The second-order valence-electron chi connectivity index (χ2n) is 6.59. The second kappa shape index (κ2) is 5.54. The van der Waals surface area contributed by atoms with Crippen LogP contribution in [-0.2, 0) is 0 Å². The van der Waals surface area contributed by atoms with Crippen molar-refractivity contribution in [3.8, 4) is 0 Å². The molecule has 0 spiro atoms. The van der Waals surface area contributed by atoms with Gasteiger partial charge in [-0.2, -0.15) is 0 Å². The molecule has 0 unspecified atom stereocenters. The van der Waals surface area contributed by atoms with Crippen LogP contribution in [0.3, 0.4) is 0 Å². The summed E-state index contributed by atoms with van der Waals surface area (Å²) in [6, 6.07) is 8.99. The Kier molecular flexibility index (Phi) is 3.79. The lowest BCUT2D eigenvalue weighted by molar-refractivity contribution is 0.0865. The fourth-order valence-electron chi connectivity index (χ4n) is 3.47. The first-order valence-electron chi connectivity index (χ1n) is 7.74. The van der Waals surface area contributed by atoms with Gasteiger partial charge in [-0.1, -0.05) is 24.6 Å². The minimum atomic E-state index is 0.925. The maximum Gasteiger partial charge on any atom is 0.0366 e. The van der Waals surface area contributed by atoms with Crippen molar-refractivity contribution in [2.24, 2.45) is 11.8 Å². The minimum Gasteiger partial charge on any atom is -0.372 e. The Labute approximate surface area is 117 Å². The van der Waals surface area contributed by atoms with Crippen LogP contribution in [0, 0.1) is 18.8 Å². The highest BCUT2D eigenvalue weighted by molar-refractivity contribution is 5.47. The maximum atomic E-state index is 2.64. The molecule has 0 N–H and O–H groups in total. The van der Waals surface area contributed by atoms with Crippen LogP contribution in [0.25, 0.3) is 0 Å². The highest BCUT2D eigenvalue weighted by Gasteiger charge is 2.27. The van der Waals surface area contributed by atoms with Gasteiger partial charge < -0.3 is 9.80 Å². The zero-order valence-corrected chi connectivity index (χ0v) is 12.3. The van der Waals surface area contributed by atoms with Crippen LogP contribution < -0.4 is 4.90 Å². The lowest BCUT2D eigenvalue weighted by Gasteiger charge is -2.42. The fraction of sp³-hybridized carbons (Fsp3) is 0.647. The van der Waals surface area contributed by atoms with Crippen LogP contribution >= 0.6 is 0 Å². The van der Waals surface area contributed by atoms with E-state index in [1.165, 1.54) is 56.8 Å². The third-order valence-electron chi connectivity index (χ3n) is 4.67. The van der Waals surface area contributed by atoms with Crippen LogP contribution in [0.2, 0.25) is 0 Å². The molecule has 19 heavy (non-hydrogen) atoms. The molecule has 0 bridgehead atoms. The Hall–Kier alpha value is -1.02. The average Bonchev–Trinajstić information content (AvgIpc) is 2.39. The first kappa shape index (κ1) is 13.0. The Morgan fingerprint density at radius 1 is 1.05 bits per heavy atom. The summed E-state index contributed by atoms with van der Waals surface area (Å²) < 4.78 is 0. The van der Waals surface area contributed by atoms with Gasteiger partial charge in [0.15, 0.2) is 0 Å². The molecule has 1 aromatic carbocycles. The smallest absolute Gasteiger partial charge is 0.0366 e. The van der Waals surface area contributed by atoms with Crippen LogP contribution in [0.1, 0.15) is 25.3 Å². The van der Waals surface area contributed by atoms with Crippen LogP contribution in [0.5, 0.6) is 0 Å². The molecule has 3 rings (SSSR count). The number of benzene rings is 1. The average molecular weight is 258 g/mol. The van der Waals surface area contributed by atoms with Crippen molar-refractivity contribution in [2.45, 2.75) is 26.7 Å². The van der Waals surface area contributed by atoms with E-state index in [1.807, 2.05) is 0 Å². The van der Waals surface area contributed by atoms with Gasteiger partial charge in [0.2, 0.25) is 0 Å². The largest absolute Gasteiger partial charge is 0.372 e. The number of hydrogen-bond acceptors (Lipinski definition) is 2. The van der Waals surface area contributed by atoms with Crippen molar-refractivity contribution in [2.75, 3.05) is 37.6 Å². The molecule has 2 heteroatoms. The van der Waals surface area contributed by atoms with Crippen molar-refractivity contribution >= 4 is 5.69 Å². The Bertz CT molecular complexity index is 398. The molecule has 0 aliphatic carbocycles. The predicted octanol–water partition coefficient (Wildman–Crippen LogP) is 3.16. The minimum absolute atomic E-state index is 0.925. The van der Waals surface area contributed by atoms with Gasteiger partial charge in [-0.05, 0) is 43.7 Å². The van der Waals surface area contributed by atoms with E-state index >= 15 is 0 Å². The molecule has 104 valence electrons. The standard InChI is InChI=1S/C17H26N2/c1-14-3-5-17(6-4-14)19-9-7-16(8-10-19)13-18-11-15(2)12-18/h3-6,15-16H,7-13H2,1-2H3. The van der Waals surface area contributed by atoms with Crippen molar-refractivity contribution in [3.05, 3.63) is 29.8 Å². The molecule has 2 aliphatic heterocycles. The molecule has 0 radical (unpaired) electrons. The van der Waals surface area contributed by atoms with E-state index < -0.39 is 0 Å². The molecule has 2 fully saturated rings. The van der Waals surface area contributed by atoms with Crippen molar-refractivity contribution in [1.29, 1.82) is 0 Å². The zero-order chi connectivity index (χ0) is 13.2. The molecule has 0 aromatic heterocycles. The molecule has 0 saturated carbocycles. The molecule has 2 aliphatic rings.